The van der Waals surface area contributed by atoms with E-state index in [0.717, 1.165) is 42.3 Å². The highest BCUT2D eigenvalue weighted by molar-refractivity contribution is 5.50. The summed E-state index contributed by atoms with van der Waals surface area (Å²) in [7, 11) is 0. The van der Waals surface area contributed by atoms with Gasteiger partial charge in [0.05, 0.1) is 6.61 Å². The van der Waals surface area contributed by atoms with Crippen molar-refractivity contribution < 1.29 is 18.9 Å². The summed E-state index contributed by atoms with van der Waals surface area (Å²) in [6, 6.07) is 5.65. The maximum Gasteiger partial charge on any atom is 0.231 e. The molecular weight excluding hydrogens is 268 g/mol. The van der Waals surface area contributed by atoms with E-state index in [4.69, 9.17) is 18.9 Å². The van der Waals surface area contributed by atoms with Gasteiger partial charge >= 0.3 is 0 Å². The highest BCUT2D eigenvalue weighted by atomic mass is 16.7. The van der Waals surface area contributed by atoms with Crippen LogP contribution in [0.1, 0.15) is 18.4 Å². The molecule has 4 nitrogen and oxygen atoms in total. The summed E-state index contributed by atoms with van der Waals surface area (Å²) in [6.45, 7) is 1.03. The van der Waals surface area contributed by atoms with Gasteiger partial charge in [-0.15, -0.1) is 0 Å². The van der Waals surface area contributed by atoms with E-state index in [1.54, 1.807) is 6.08 Å². The number of benzene rings is 1. The summed E-state index contributed by atoms with van der Waals surface area (Å²) in [5.74, 6) is 7.78. The van der Waals surface area contributed by atoms with Gasteiger partial charge in [0.2, 0.25) is 12.6 Å². The van der Waals surface area contributed by atoms with Crippen LogP contribution in [-0.2, 0) is 9.47 Å². The Morgan fingerprint density at radius 2 is 2.14 bits per heavy atom. The van der Waals surface area contributed by atoms with Gasteiger partial charge in [0.15, 0.2) is 11.5 Å². The summed E-state index contributed by atoms with van der Waals surface area (Å²) in [5.41, 5.74) is 0.880. The van der Waals surface area contributed by atoms with E-state index < -0.39 is 5.79 Å². The van der Waals surface area contributed by atoms with E-state index in [2.05, 4.69) is 11.8 Å². The molecule has 1 fully saturated rings. The lowest BCUT2D eigenvalue weighted by Crippen LogP contribution is -2.24. The minimum Gasteiger partial charge on any atom is -0.458 e. The molecule has 0 aliphatic carbocycles. The summed E-state index contributed by atoms with van der Waals surface area (Å²) in [6.07, 6.45) is 7.57. The third-order valence-electron chi connectivity index (χ3n) is 3.61. The van der Waals surface area contributed by atoms with Crippen LogP contribution in [0.5, 0.6) is 11.5 Å². The first-order valence-corrected chi connectivity index (χ1v) is 6.97. The van der Waals surface area contributed by atoms with Crippen LogP contribution < -0.4 is 9.47 Å². The van der Waals surface area contributed by atoms with E-state index in [0.29, 0.717) is 0 Å². The van der Waals surface area contributed by atoms with Crippen LogP contribution in [0.25, 0.3) is 0 Å². The maximum atomic E-state index is 5.80. The second-order valence-corrected chi connectivity index (χ2v) is 5.08. The zero-order chi connectivity index (χ0) is 14.1. The third kappa shape index (κ3) is 2.37. The monoisotopic (exact) mass is 282 g/mol. The smallest absolute Gasteiger partial charge is 0.231 e. The van der Waals surface area contributed by atoms with Gasteiger partial charge in [-0.1, -0.05) is 11.8 Å². The molecule has 0 N–H and O–H groups in total. The van der Waals surface area contributed by atoms with E-state index in [1.807, 2.05) is 30.4 Å². The lowest BCUT2D eigenvalue weighted by molar-refractivity contribution is -0.135. The van der Waals surface area contributed by atoms with Gasteiger partial charge in [0, 0.05) is 18.1 Å². The van der Waals surface area contributed by atoms with E-state index in [-0.39, 0.29) is 6.79 Å². The Bertz CT molecular complexity index is 684. The van der Waals surface area contributed by atoms with Crippen molar-refractivity contribution in [3.63, 3.8) is 0 Å². The molecule has 21 heavy (non-hydrogen) atoms. The fourth-order valence-corrected chi connectivity index (χ4v) is 2.57. The zero-order valence-corrected chi connectivity index (χ0v) is 11.4. The molecule has 0 amide bonds. The van der Waals surface area contributed by atoms with Crippen molar-refractivity contribution in [2.75, 3.05) is 13.4 Å². The highest BCUT2D eigenvalue weighted by Gasteiger charge is 2.38. The normalized spacial score (nSPS) is 27.0. The lowest BCUT2D eigenvalue weighted by Gasteiger charge is -2.20. The molecule has 1 atom stereocenters. The van der Waals surface area contributed by atoms with Crippen LogP contribution in [0.3, 0.4) is 0 Å². The lowest BCUT2D eigenvalue weighted by atomic mass is 10.2. The predicted molar refractivity (Wildman–Crippen MR) is 75.7 cm³/mol. The van der Waals surface area contributed by atoms with Crippen LogP contribution in [-0.4, -0.2) is 19.2 Å². The van der Waals surface area contributed by atoms with Crippen molar-refractivity contribution in [2.24, 2.45) is 0 Å². The number of rotatable bonds is 0. The van der Waals surface area contributed by atoms with Crippen molar-refractivity contribution in [1.82, 2.24) is 0 Å². The quantitative estimate of drug-likeness (QED) is 0.686. The molecule has 4 heteroatoms. The molecule has 1 saturated heterocycles. The van der Waals surface area contributed by atoms with Crippen molar-refractivity contribution in [3.05, 3.63) is 47.7 Å². The summed E-state index contributed by atoms with van der Waals surface area (Å²) < 4.78 is 22.0. The minimum absolute atomic E-state index is 0.275. The molecule has 0 saturated carbocycles. The Hall–Kier alpha value is -2.38. The molecule has 1 unspecified atom stereocenters. The molecule has 4 rings (SSSR count). The average molecular weight is 282 g/mol. The molecule has 0 aromatic heterocycles. The SMILES string of the molecule is C(#Cc1ccc2c(c1)OCO2)/C=C1/C=CC2(CCCO2)O1. The average Bonchev–Trinajstić information content (AvgIpc) is 3.22. The summed E-state index contributed by atoms with van der Waals surface area (Å²) >= 11 is 0. The van der Waals surface area contributed by atoms with Gasteiger partial charge in [0.1, 0.15) is 5.76 Å². The van der Waals surface area contributed by atoms with E-state index in [9.17, 15) is 0 Å². The van der Waals surface area contributed by atoms with Crippen LogP contribution >= 0.6 is 0 Å². The number of ether oxygens (including phenoxy) is 4. The van der Waals surface area contributed by atoms with Gasteiger partial charge in [-0.3, -0.25) is 0 Å². The van der Waals surface area contributed by atoms with Gasteiger partial charge in [-0.05, 0) is 36.8 Å². The predicted octanol–water partition coefficient (Wildman–Crippen LogP) is 2.74. The van der Waals surface area contributed by atoms with Gasteiger partial charge < -0.3 is 18.9 Å². The summed E-state index contributed by atoms with van der Waals surface area (Å²) in [4.78, 5) is 0. The van der Waals surface area contributed by atoms with Gasteiger partial charge in [-0.25, -0.2) is 0 Å². The maximum absolute atomic E-state index is 5.80. The van der Waals surface area contributed by atoms with E-state index >= 15 is 0 Å². The largest absolute Gasteiger partial charge is 0.458 e. The molecule has 3 heterocycles. The molecule has 1 aromatic rings. The standard InChI is InChI=1S/C17H14O4/c1(3-13-5-6-15-16(11-13)19-12-18-15)4-14-7-9-17(21-14)8-2-10-20-17/h4-7,9,11H,2,8,10,12H2/b14-4-. The molecule has 3 aliphatic heterocycles. The van der Waals surface area contributed by atoms with Crippen molar-refractivity contribution in [1.29, 1.82) is 0 Å². The number of hydrogen-bond acceptors (Lipinski definition) is 4. The number of fused-ring (bicyclic) bond motifs is 1. The first-order valence-electron chi connectivity index (χ1n) is 6.97. The summed E-state index contributed by atoms with van der Waals surface area (Å²) in [5, 5.41) is 0. The third-order valence-corrected chi connectivity index (χ3v) is 3.61. The van der Waals surface area contributed by atoms with Gasteiger partial charge in [0.25, 0.3) is 0 Å². The Labute approximate surface area is 123 Å². The fraction of sp³-hybridized carbons (Fsp3) is 0.294. The fourth-order valence-electron chi connectivity index (χ4n) is 2.57. The second-order valence-electron chi connectivity index (χ2n) is 5.08. The Morgan fingerprint density at radius 1 is 1.19 bits per heavy atom. The molecule has 1 spiro atoms. The highest BCUT2D eigenvalue weighted by Crippen LogP contribution is 2.35. The van der Waals surface area contributed by atoms with Crippen LogP contribution in [0, 0.1) is 11.8 Å². The van der Waals surface area contributed by atoms with Gasteiger partial charge in [-0.2, -0.15) is 0 Å². The minimum atomic E-state index is -0.535. The molecule has 0 radical (unpaired) electrons. The van der Waals surface area contributed by atoms with Crippen molar-refractivity contribution in [2.45, 2.75) is 18.6 Å². The molecule has 106 valence electrons. The molecule has 3 aliphatic rings. The Kier molecular flexibility index (Phi) is 2.87. The Morgan fingerprint density at radius 3 is 3.05 bits per heavy atom. The first-order chi connectivity index (χ1) is 10.3. The zero-order valence-electron chi connectivity index (χ0n) is 11.4. The molecular formula is C17H14O4. The topological polar surface area (TPSA) is 36.9 Å². The van der Waals surface area contributed by atoms with Crippen molar-refractivity contribution >= 4 is 0 Å². The van der Waals surface area contributed by atoms with Crippen LogP contribution in [0.15, 0.2) is 42.2 Å². The van der Waals surface area contributed by atoms with Crippen LogP contribution in [0.2, 0.25) is 0 Å². The second kappa shape index (κ2) is 4.87. The first kappa shape index (κ1) is 12.4. The number of allylic oxidation sites excluding steroid dienone is 2. The number of hydrogen-bond donors (Lipinski definition) is 0. The Balaban J connectivity index is 1.48. The van der Waals surface area contributed by atoms with E-state index in [1.165, 1.54) is 0 Å². The van der Waals surface area contributed by atoms with Crippen LogP contribution in [0.4, 0.5) is 0 Å². The molecule has 1 aromatic carbocycles. The molecule has 0 bridgehead atoms. The van der Waals surface area contributed by atoms with Crippen molar-refractivity contribution in [3.8, 4) is 23.3 Å².